The quantitative estimate of drug-likeness (QED) is 0.404. The molecule has 1 unspecified atom stereocenters. The van der Waals surface area contributed by atoms with Gasteiger partial charge in [0.1, 0.15) is 0 Å². The SMILES string of the molecule is CC(=O)Nc1cccc(NC(=O)CSc2nc3c(c(=O)n2-c2ccc(C)cc2)SC(C)C3)c1. The minimum Gasteiger partial charge on any atom is -0.326 e. The molecular weight excluding hydrogens is 456 g/mol. The van der Waals surface area contributed by atoms with Crippen LogP contribution in [0.1, 0.15) is 25.1 Å². The van der Waals surface area contributed by atoms with E-state index in [4.69, 9.17) is 4.98 Å². The van der Waals surface area contributed by atoms with Crippen LogP contribution in [0.25, 0.3) is 5.69 Å². The summed E-state index contributed by atoms with van der Waals surface area (Å²) in [6.07, 6.45) is 0.736. The molecular formula is C24H24N4O3S2. The van der Waals surface area contributed by atoms with Gasteiger partial charge in [0.15, 0.2) is 5.16 Å². The summed E-state index contributed by atoms with van der Waals surface area (Å²) in [5, 5.41) is 6.33. The van der Waals surface area contributed by atoms with Crippen LogP contribution in [0.4, 0.5) is 11.4 Å². The van der Waals surface area contributed by atoms with Gasteiger partial charge < -0.3 is 10.6 Å². The van der Waals surface area contributed by atoms with E-state index in [9.17, 15) is 14.4 Å². The van der Waals surface area contributed by atoms with Crippen LogP contribution >= 0.6 is 23.5 Å². The molecule has 0 bridgehead atoms. The van der Waals surface area contributed by atoms with Crippen molar-refractivity contribution in [2.75, 3.05) is 16.4 Å². The Morgan fingerprint density at radius 3 is 2.55 bits per heavy atom. The summed E-state index contributed by atoms with van der Waals surface area (Å²) >= 11 is 2.79. The van der Waals surface area contributed by atoms with Crippen LogP contribution in [0.5, 0.6) is 0 Å². The number of rotatable bonds is 6. The molecule has 1 aromatic heterocycles. The zero-order chi connectivity index (χ0) is 23.5. The van der Waals surface area contributed by atoms with Gasteiger partial charge in [0.25, 0.3) is 5.56 Å². The molecule has 9 heteroatoms. The van der Waals surface area contributed by atoms with Gasteiger partial charge in [-0.15, -0.1) is 11.8 Å². The first-order valence-corrected chi connectivity index (χ1v) is 12.4. The van der Waals surface area contributed by atoms with Crippen LogP contribution in [0.3, 0.4) is 0 Å². The molecule has 1 aliphatic rings. The summed E-state index contributed by atoms with van der Waals surface area (Å²) in [7, 11) is 0. The highest BCUT2D eigenvalue weighted by Crippen LogP contribution is 2.35. The van der Waals surface area contributed by atoms with E-state index < -0.39 is 0 Å². The minimum atomic E-state index is -0.229. The van der Waals surface area contributed by atoms with Crippen molar-refractivity contribution in [1.29, 1.82) is 0 Å². The third kappa shape index (κ3) is 5.48. The lowest BCUT2D eigenvalue weighted by Gasteiger charge is -2.14. The smallest absolute Gasteiger partial charge is 0.272 e. The molecule has 170 valence electrons. The third-order valence-electron chi connectivity index (χ3n) is 4.97. The number of carbonyl (C=O) groups is 2. The van der Waals surface area contributed by atoms with Gasteiger partial charge in [-0.1, -0.05) is 42.4 Å². The van der Waals surface area contributed by atoms with Crippen molar-refractivity contribution in [3.05, 3.63) is 70.1 Å². The summed E-state index contributed by atoms with van der Waals surface area (Å²) < 4.78 is 1.60. The van der Waals surface area contributed by atoms with E-state index >= 15 is 0 Å². The van der Waals surface area contributed by atoms with Crippen LogP contribution in [-0.2, 0) is 16.0 Å². The topological polar surface area (TPSA) is 93.1 Å². The number of hydrogen-bond acceptors (Lipinski definition) is 6. The number of benzene rings is 2. The van der Waals surface area contributed by atoms with E-state index in [0.29, 0.717) is 26.7 Å². The number of amides is 2. The molecule has 2 heterocycles. The average Bonchev–Trinajstić information content (AvgIpc) is 3.14. The van der Waals surface area contributed by atoms with E-state index in [1.807, 2.05) is 31.2 Å². The lowest BCUT2D eigenvalue weighted by Crippen LogP contribution is -2.24. The van der Waals surface area contributed by atoms with Crippen molar-refractivity contribution in [2.24, 2.45) is 0 Å². The van der Waals surface area contributed by atoms with Crippen LogP contribution in [0, 0.1) is 6.92 Å². The number of thioether (sulfide) groups is 2. The summed E-state index contributed by atoms with van der Waals surface area (Å²) in [4.78, 5) is 42.7. The lowest BCUT2D eigenvalue weighted by atomic mass is 10.2. The van der Waals surface area contributed by atoms with E-state index in [0.717, 1.165) is 23.4 Å². The van der Waals surface area contributed by atoms with E-state index in [1.165, 1.54) is 18.7 Å². The number of carbonyl (C=O) groups excluding carboxylic acids is 2. The van der Waals surface area contributed by atoms with Crippen molar-refractivity contribution in [3.63, 3.8) is 0 Å². The number of hydrogen-bond donors (Lipinski definition) is 2. The van der Waals surface area contributed by atoms with Crippen molar-refractivity contribution < 1.29 is 9.59 Å². The molecule has 2 N–H and O–H groups in total. The van der Waals surface area contributed by atoms with E-state index in [-0.39, 0.29) is 23.1 Å². The Morgan fingerprint density at radius 2 is 1.85 bits per heavy atom. The number of aryl methyl sites for hydroxylation is 1. The molecule has 0 aliphatic carbocycles. The fraction of sp³-hybridized carbons (Fsp3) is 0.250. The van der Waals surface area contributed by atoms with Crippen molar-refractivity contribution >= 4 is 46.7 Å². The number of nitrogens with one attached hydrogen (secondary N) is 2. The lowest BCUT2D eigenvalue weighted by molar-refractivity contribution is -0.114. The highest BCUT2D eigenvalue weighted by atomic mass is 32.2. The molecule has 1 aliphatic heterocycles. The summed E-state index contributed by atoms with van der Waals surface area (Å²) in [5.74, 6) is -0.323. The average molecular weight is 481 g/mol. The van der Waals surface area contributed by atoms with Gasteiger partial charge in [-0.25, -0.2) is 4.98 Å². The Morgan fingerprint density at radius 1 is 1.15 bits per heavy atom. The van der Waals surface area contributed by atoms with Gasteiger partial charge in [0.05, 0.1) is 22.0 Å². The van der Waals surface area contributed by atoms with Gasteiger partial charge in [0.2, 0.25) is 11.8 Å². The first kappa shape index (κ1) is 23.1. The number of fused-ring (bicyclic) bond motifs is 1. The maximum absolute atomic E-state index is 13.3. The van der Waals surface area contributed by atoms with Crippen molar-refractivity contribution in [1.82, 2.24) is 9.55 Å². The molecule has 0 spiro atoms. The first-order chi connectivity index (χ1) is 15.8. The predicted octanol–water partition coefficient (Wildman–Crippen LogP) is 4.27. The fourth-order valence-electron chi connectivity index (χ4n) is 3.52. The van der Waals surface area contributed by atoms with Crippen LogP contribution in [0.15, 0.2) is 63.4 Å². The molecule has 0 radical (unpaired) electrons. The predicted molar refractivity (Wildman–Crippen MR) is 134 cm³/mol. The Bertz CT molecular complexity index is 1270. The minimum absolute atomic E-state index is 0.0874. The number of nitrogens with zero attached hydrogens (tertiary/aromatic N) is 2. The van der Waals surface area contributed by atoms with Gasteiger partial charge in [-0.2, -0.15) is 0 Å². The standard InChI is InChI=1S/C24H24N4O3S2/c1-14-7-9-19(10-8-14)28-23(31)22-20(11-15(2)33-22)27-24(28)32-13-21(30)26-18-6-4-5-17(12-18)25-16(3)29/h4-10,12,15H,11,13H2,1-3H3,(H,25,29)(H,26,30). The van der Waals surface area contributed by atoms with Gasteiger partial charge in [-0.3, -0.25) is 19.0 Å². The molecule has 0 saturated heterocycles. The second-order valence-corrected chi connectivity index (χ2v) is 10.3. The number of aromatic nitrogens is 2. The van der Waals surface area contributed by atoms with Gasteiger partial charge in [0, 0.05) is 30.0 Å². The second kappa shape index (κ2) is 9.84. The zero-order valence-electron chi connectivity index (χ0n) is 18.5. The molecule has 7 nitrogen and oxygen atoms in total. The van der Waals surface area contributed by atoms with E-state index in [1.54, 1.807) is 40.6 Å². The Hall–Kier alpha value is -3.04. The third-order valence-corrected chi connectivity index (χ3v) is 7.13. The maximum atomic E-state index is 13.3. The highest BCUT2D eigenvalue weighted by Gasteiger charge is 2.27. The summed E-state index contributed by atoms with van der Waals surface area (Å²) in [5.41, 5.74) is 3.71. The Labute approximate surface area is 200 Å². The fourth-order valence-corrected chi connectivity index (χ4v) is 5.45. The molecule has 0 fully saturated rings. The van der Waals surface area contributed by atoms with Crippen LogP contribution < -0.4 is 16.2 Å². The monoisotopic (exact) mass is 480 g/mol. The summed E-state index contributed by atoms with van der Waals surface area (Å²) in [6, 6.07) is 14.6. The Kier molecular flexibility index (Phi) is 6.90. The first-order valence-electron chi connectivity index (χ1n) is 10.5. The van der Waals surface area contributed by atoms with Gasteiger partial charge >= 0.3 is 0 Å². The highest BCUT2D eigenvalue weighted by molar-refractivity contribution is 8.00. The molecule has 3 aromatic rings. The van der Waals surface area contributed by atoms with Crippen LogP contribution in [-0.4, -0.2) is 32.4 Å². The van der Waals surface area contributed by atoms with Crippen molar-refractivity contribution in [2.45, 2.75) is 42.5 Å². The van der Waals surface area contributed by atoms with Crippen LogP contribution in [0.2, 0.25) is 0 Å². The second-order valence-electron chi connectivity index (χ2n) is 7.88. The van der Waals surface area contributed by atoms with Crippen molar-refractivity contribution in [3.8, 4) is 5.69 Å². The molecule has 2 amide bonds. The molecule has 0 saturated carbocycles. The van der Waals surface area contributed by atoms with E-state index in [2.05, 4.69) is 17.6 Å². The zero-order valence-corrected chi connectivity index (χ0v) is 20.2. The molecule has 4 rings (SSSR count). The number of anilines is 2. The Balaban J connectivity index is 1.56. The van der Waals surface area contributed by atoms with Gasteiger partial charge in [-0.05, 0) is 37.3 Å². The normalized spacial score (nSPS) is 14.6. The molecule has 2 aromatic carbocycles. The largest absolute Gasteiger partial charge is 0.326 e. The molecule has 1 atom stereocenters. The maximum Gasteiger partial charge on any atom is 0.272 e. The summed E-state index contributed by atoms with van der Waals surface area (Å²) in [6.45, 7) is 5.50. The molecule has 33 heavy (non-hydrogen) atoms.